The molecule has 0 aromatic heterocycles. The van der Waals surface area contributed by atoms with Gasteiger partial charge in [-0.2, -0.15) is 0 Å². The maximum atomic E-state index is 12.5. The topological polar surface area (TPSA) is 95.6 Å². The quantitative estimate of drug-likeness (QED) is 0.670. The smallest absolute Gasteiger partial charge is 0.253 e. The minimum Gasteiger partial charge on any atom is -0.347 e. The van der Waals surface area contributed by atoms with Crippen LogP contribution in [0.1, 0.15) is 44.0 Å². The monoisotopic (exact) mass is 431 g/mol. The zero-order valence-corrected chi connectivity index (χ0v) is 18.6. The van der Waals surface area contributed by atoms with Crippen molar-refractivity contribution in [2.24, 2.45) is 0 Å². The molecule has 0 aliphatic heterocycles. The summed E-state index contributed by atoms with van der Waals surface area (Å²) in [6.07, 6.45) is 1.60. The van der Waals surface area contributed by atoms with E-state index in [0.29, 0.717) is 23.4 Å². The lowest BCUT2D eigenvalue weighted by Gasteiger charge is -2.22. The van der Waals surface area contributed by atoms with Crippen LogP contribution < -0.4 is 14.9 Å². The van der Waals surface area contributed by atoms with Gasteiger partial charge in [0, 0.05) is 18.5 Å². The first-order chi connectivity index (χ1) is 14.0. The second-order valence-corrected chi connectivity index (χ2v) is 9.98. The van der Waals surface area contributed by atoms with Gasteiger partial charge in [0.2, 0.25) is 15.9 Å². The normalized spacial score (nSPS) is 11.6. The molecule has 0 saturated heterocycles. The summed E-state index contributed by atoms with van der Waals surface area (Å²) in [7, 11) is -3.46. The Kier molecular flexibility index (Phi) is 7.61. The fraction of sp³-hybridized carbons (Fsp3) is 0.364. The molecule has 30 heavy (non-hydrogen) atoms. The van der Waals surface area contributed by atoms with Crippen molar-refractivity contribution in [2.45, 2.75) is 39.2 Å². The molecule has 0 fully saturated rings. The number of hydrogen-bond acceptors (Lipinski definition) is 4. The van der Waals surface area contributed by atoms with Crippen LogP contribution in [0.15, 0.2) is 54.6 Å². The molecule has 0 heterocycles. The van der Waals surface area contributed by atoms with Crippen molar-refractivity contribution in [1.29, 1.82) is 0 Å². The number of anilines is 2. The zero-order valence-electron chi connectivity index (χ0n) is 17.8. The van der Waals surface area contributed by atoms with Crippen molar-refractivity contribution in [1.82, 2.24) is 5.32 Å². The van der Waals surface area contributed by atoms with Gasteiger partial charge in [-0.3, -0.25) is 13.9 Å². The molecular formula is C22H29N3O4S. The van der Waals surface area contributed by atoms with E-state index in [4.69, 9.17) is 0 Å². The van der Waals surface area contributed by atoms with E-state index in [0.717, 1.165) is 6.26 Å². The SMILES string of the molecule is CC(C)(C)NC(=O)c1ccccc1NC(=O)CCCN(c1ccccc1)S(C)(=O)=O. The van der Waals surface area contributed by atoms with Crippen LogP contribution in [0.25, 0.3) is 0 Å². The summed E-state index contributed by atoms with van der Waals surface area (Å²) in [4.78, 5) is 24.9. The molecule has 0 radical (unpaired) electrons. The Hall–Kier alpha value is -2.87. The van der Waals surface area contributed by atoms with E-state index in [2.05, 4.69) is 10.6 Å². The van der Waals surface area contributed by atoms with Crippen LogP contribution in [0.3, 0.4) is 0 Å². The summed E-state index contributed by atoms with van der Waals surface area (Å²) < 4.78 is 25.5. The van der Waals surface area contributed by atoms with Crippen molar-refractivity contribution in [3.8, 4) is 0 Å². The summed E-state index contributed by atoms with van der Waals surface area (Å²) in [5, 5.41) is 5.64. The largest absolute Gasteiger partial charge is 0.347 e. The van der Waals surface area contributed by atoms with E-state index < -0.39 is 15.6 Å². The predicted octanol–water partition coefficient (Wildman–Crippen LogP) is 3.40. The number of para-hydroxylation sites is 2. The highest BCUT2D eigenvalue weighted by molar-refractivity contribution is 7.92. The molecule has 2 N–H and O–H groups in total. The third-order valence-electron chi connectivity index (χ3n) is 4.14. The van der Waals surface area contributed by atoms with Crippen LogP contribution in [0, 0.1) is 0 Å². The summed E-state index contributed by atoms with van der Waals surface area (Å²) in [6.45, 7) is 5.83. The number of rotatable bonds is 8. The van der Waals surface area contributed by atoms with Gasteiger partial charge in [-0.25, -0.2) is 8.42 Å². The molecule has 0 atom stereocenters. The predicted molar refractivity (Wildman–Crippen MR) is 120 cm³/mol. The molecule has 7 nitrogen and oxygen atoms in total. The van der Waals surface area contributed by atoms with Gasteiger partial charge in [0.25, 0.3) is 5.91 Å². The maximum Gasteiger partial charge on any atom is 0.253 e. The first-order valence-electron chi connectivity index (χ1n) is 9.71. The van der Waals surface area contributed by atoms with E-state index in [9.17, 15) is 18.0 Å². The number of nitrogens with zero attached hydrogens (tertiary/aromatic N) is 1. The minimum absolute atomic E-state index is 0.119. The number of carbonyl (C=O) groups is 2. The molecule has 2 rings (SSSR count). The summed E-state index contributed by atoms with van der Waals surface area (Å²) in [6, 6.07) is 15.6. The highest BCUT2D eigenvalue weighted by Crippen LogP contribution is 2.19. The Labute approximate surface area is 178 Å². The van der Waals surface area contributed by atoms with E-state index >= 15 is 0 Å². The molecule has 162 valence electrons. The van der Waals surface area contributed by atoms with Gasteiger partial charge < -0.3 is 10.6 Å². The van der Waals surface area contributed by atoms with E-state index in [1.165, 1.54) is 4.31 Å². The Morgan fingerprint density at radius 2 is 1.57 bits per heavy atom. The van der Waals surface area contributed by atoms with Gasteiger partial charge in [-0.05, 0) is 51.5 Å². The number of hydrogen-bond donors (Lipinski definition) is 2. The average Bonchev–Trinajstić information content (AvgIpc) is 2.64. The molecule has 8 heteroatoms. The molecule has 0 spiro atoms. The lowest BCUT2D eigenvalue weighted by molar-refractivity contribution is -0.116. The number of nitrogens with one attached hydrogen (secondary N) is 2. The molecule has 0 saturated carbocycles. The van der Waals surface area contributed by atoms with Crippen LogP contribution in [-0.2, 0) is 14.8 Å². The Balaban J connectivity index is 2.01. The summed E-state index contributed by atoms with van der Waals surface area (Å²) in [5.74, 6) is -0.557. The lowest BCUT2D eigenvalue weighted by atomic mass is 10.1. The molecular weight excluding hydrogens is 402 g/mol. The van der Waals surface area contributed by atoms with Crippen LogP contribution in [-0.4, -0.2) is 38.6 Å². The number of benzene rings is 2. The minimum atomic E-state index is -3.46. The van der Waals surface area contributed by atoms with E-state index in [-0.39, 0.29) is 24.8 Å². The fourth-order valence-corrected chi connectivity index (χ4v) is 3.84. The molecule has 0 aliphatic rings. The first kappa shape index (κ1) is 23.4. The van der Waals surface area contributed by atoms with Crippen LogP contribution in [0.5, 0.6) is 0 Å². The molecule has 0 aliphatic carbocycles. The molecule has 0 unspecified atom stereocenters. The second kappa shape index (κ2) is 9.75. The van der Waals surface area contributed by atoms with E-state index in [1.807, 2.05) is 26.8 Å². The Bertz CT molecular complexity index is 983. The molecule has 2 aromatic rings. The Morgan fingerprint density at radius 1 is 0.967 bits per heavy atom. The van der Waals surface area contributed by atoms with Gasteiger partial charge in [0.1, 0.15) is 0 Å². The Morgan fingerprint density at radius 3 is 2.17 bits per heavy atom. The van der Waals surface area contributed by atoms with Gasteiger partial charge in [-0.15, -0.1) is 0 Å². The fourth-order valence-electron chi connectivity index (χ4n) is 2.87. The van der Waals surface area contributed by atoms with E-state index in [1.54, 1.807) is 48.5 Å². The lowest BCUT2D eigenvalue weighted by Crippen LogP contribution is -2.40. The van der Waals surface area contributed by atoms with Crippen LogP contribution in [0.4, 0.5) is 11.4 Å². The third kappa shape index (κ3) is 7.18. The van der Waals surface area contributed by atoms with Crippen molar-refractivity contribution < 1.29 is 18.0 Å². The number of amides is 2. The molecule has 2 aromatic carbocycles. The standard InChI is InChI=1S/C22H29N3O4S/c1-22(2,3)24-21(27)18-13-8-9-14-19(18)23-20(26)15-10-16-25(30(4,28)29)17-11-6-5-7-12-17/h5-9,11-14H,10,15-16H2,1-4H3,(H,23,26)(H,24,27). The van der Waals surface area contributed by atoms with Crippen molar-refractivity contribution in [2.75, 3.05) is 22.4 Å². The summed E-state index contributed by atoms with van der Waals surface area (Å²) in [5.41, 5.74) is 0.959. The zero-order chi connectivity index (χ0) is 22.4. The van der Waals surface area contributed by atoms with Gasteiger partial charge in [0.05, 0.1) is 23.2 Å². The second-order valence-electron chi connectivity index (χ2n) is 8.07. The van der Waals surface area contributed by atoms with Gasteiger partial charge >= 0.3 is 0 Å². The average molecular weight is 432 g/mol. The third-order valence-corrected chi connectivity index (χ3v) is 5.34. The first-order valence-corrected chi connectivity index (χ1v) is 11.6. The molecule has 2 amide bonds. The van der Waals surface area contributed by atoms with Crippen molar-refractivity contribution in [3.63, 3.8) is 0 Å². The molecule has 0 bridgehead atoms. The summed E-state index contributed by atoms with van der Waals surface area (Å²) >= 11 is 0. The van der Waals surface area contributed by atoms with Gasteiger partial charge in [0.15, 0.2) is 0 Å². The van der Waals surface area contributed by atoms with Crippen molar-refractivity contribution >= 4 is 33.2 Å². The van der Waals surface area contributed by atoms with Crippen molar-refractivity contribution in [3.05, 3.63) is 60.2 Å². The van der Waals surface area contributed by atoms with Crippen LogP contribution in [0.2, 0.25) is 0 Å². The van der Waals surface area contributed by atoms with Crippen LogP contribution >= 0.6 is 0 Å². The number of sulfonamides is 1. The highest BCUT2D eigenvalue weighted by Gasteiger charge is 2.20. The number of carbonyl (C=O) groups excluding carboxylic acids is 2. The maximum absolute atomic E-state index is 12.5. The van der Waals surface area contributed by atoms with Gasteiger partial charge in [-0.1, -0.05) is 30.3 Å². The highest BCUT2D eigenvalue weighted by atomic mass is 32.2.